The third-order valence-electron chi connectivity index (χ3n) is 2.95. The predicted octanol–water partition coefficient (Wildman–Crippen LogP) is 1.02. The lowest BCUT2D eigenvalue weighted by Crippen LogP contribution is -2.38. The zero-order valence-electron chi connectivity index (χ0n) is 8.13. The van der Waals surface area contributed by atoms with Crippen LogP contribution >= 0.6 is 0 Å². The predicted molar refractivity (Wildman–Crippen MR) is 47.0 cm³/mol. The van der Waals surface area contributed by atoms with Crippen LogP contribution in [0.15, 0.2) is 11.6 Å². The minimum absolute atomic E-state index is 0.0234. The molecule has 0 radical (unpaired) electrons. The number of fused-ring (bicyclic) bond motifs is 2. The molecule has 0 spiro atoms. The largest absolute Gasteiger partial charge is 0.362 e. The van der Waals surface area contributed by atoms with Gasteiger partial charge in [0.05, 0.1) is 0 Å². The van der Waals surface area contributed by atoms with Gasteiger partial charge in [0.15, 0.2) is 11.6 Å². The molecule has 1 fully saturated rings. The monoisotopic (exact) mass is 182 g/mol. The van der Waals surface area contributed by atoms with Crippen molar-refractivity contribution in [3.8, 4) is 0 Å². The maximum Gasteiger partial charge on any atom is 0.189 e. The van der Waals surface area contributed by atoms with E-state index in [1.54, 1.807) is 6.92 Å². The topological polar surface area (TPSA) is 46.5 Å². The van der Waals surface area contributed by atoms with E-state index in [0.29, 0.717) is 12.0 Å². The van der Waals surface area contributed by atoms with Crippen LogP contribution in [-0.2, 0) is 9.53 Å². The normalized spacial score (nSPS) is 42.0. The molecule has 3 heteroatoms. The van der Waals surface area contributed by atoms with Crippen molar-refractivity contribution in [2.45, 2.75) is 39.1 Å². The molecule has 2 rings (SSSR count). The molecule has 0 saturated carbocycles. The number of carbonyl (C=O) groups is 1. The van der Waals surface area contributed by atoms with E-state index in [1.165, 1.54) is 6.08 Å². The summed E-state index contributed by atoms with van der Waals surface area (Å²) in [6, 6.07) is 0. The average Bonchev–Trinajstić information content (AvgIpc) is 2.17. The van der Waals surface area contributed by atoms with Gasteiger partial charge in [-0.15, -0.1) is 0 Å². The first-order valence-corrected chi connectivity index (χ1v) is 4.48. The van der Waals surface area contributed by atoms with Crippen LogP contribution in [0.25, 0.3) is 0 Å². The fraction of sp³-hybridized carbons (Fsp3) is 0.700. The smallest absolute Gasteiger partial charge is 0.189 e. The van der Waals surface area contributed by atoms with Crippen molar-refractivity contribution < 1.29 is 14.6 Å². The van der Waals surface area contributed by atoms with E-state index in [-0.39, 0.29) is 11.2 Å². The molecule has 2 aliphatic rings. The molecule has 0 aromatic rings. The van der Waals surface area contributed by atoms with Crippen molar-refractivity contribution in [3.63, 3.8) is 0 Å². The van der Waals surface area contributed by atoms with Crippen LogP contribution in [0, 0.1) is 5.41 Å². The van der Waals surface area contributed by atoms with Crippen molar-refractivity contribution in [3.05, 3.63) is 11.6 Å². The van der Waals surface area contributed by atoms with Gasteiger partial charge in [-0.3, -0.25) is 4.79 Å². The van der Waals surface area contributed by atoms with Gasteiger partial charge in [-0.25, -0.2) is 0 Å². The molecule has 72 valence electrons. The van der Waals surface area contributed by atoms with Crippen LogP contribution in [0.1, 0.15) is 27.2 Å². The number of hydrogen-bond donors (Lipinski definition) is 1. The molecule has 0 aromatic carbocycles. The van der Waals surface area contributed by atoms with E-state index in [2.05, 4.69) is 0 Å². The number of ketones is 1. The highest BCUT2D eigenvalue weighted by atomic mass is 16.6. The Hall–Kier alpha value is -0.670. The van der Waals surface area contributed by atoms with Gasteiger partial charge in [0.1, 0.15) is 6.10 Å². The lowest BCUT2D eigenvalue weighted by Gasteiger charge is -2.27. The Bertz CT molecular complexity index is 303. The average molecular weight is 182 g/mol. The van der Waals surface area contributed by atoms with Gasteiger partial charge < -0.3 is 9.84 Å². The van der Waals surface area contributed by atoms with Crippen LogP contribution in [0.4, 0.5) is 0 Å². The number of aliphatic hydroxyl groups is 1. The van der Waals surface area contributed by atoms with Gasteiger partial charge in [0.25, 0.3) is 0 Å². The molecule has 2 unspecified atom stereocenters. The third kappa shape index (κ3) is 1.07. The van der Waals surface area contributed by atoms with Crippen LogP contribution in [-0.4, -0.2) is 22.8 Å². The highest BCUT2D eigenvalue weighted by Gasteiger charge is 2.56. The zero-order chi connectivity index (χ0) is 9.85. The second kappa shape index (κ2) is 2.22. The summed E-state index contributed by atoms with van der Waals surface area (Å²) in [5.41, 5.74) is 0.361. The second-order valence-corrected chi connectivity index (χ2v) is 4.68. The highest BCUT2D eigenvalue weighted by Crippen LogP contribution is 2.48. The summed E-state index contributed by atoms with van der Waals surface area (Å²) in [5, 5.41) is 10.0. The Morgan fingerprint density at radius 1 is 1.62 bits per heavy atom. The van der Waals surface area contributed by atoms with E-state index in [1.807, 2.05) is 13.8 Å². The van der Waals surface area contributed by atoms with Crippen LogP contribution in [0.2, 0.25) is 0 Å². The first-order valence-electron chi connectivity index (χ1n) is 4.48. The number of ether oxygens (including phenoxy) is 1. The van der Waals surface area contributed by atoms with Crippen molar-refractivity contribution >= 4 is 5.78 Å². The molecule has 0 amide bonds. The lowest BCUT2D eigenvalue weighted by atomic mass is 9.83. The van der Waals surface area contributed by atoms with E-state index >= 15 is 0 Å². The Morgan fingerprint density at radius 3 is 2.85 bits per heavy atom. The summed E-state index contributed by atoms with van der Waals surface area (Å²) in [6.07, 6.45) is 1.53. The van der Waals surface area contributed by atoms with Crippen molar-refractivity contribution in [2.75, 3.05) is 0 Å². The van der Waals surface area contributed by atoms with Crippen molar-refractivity contribution in [2.24, 2.45) is 5.41 Å². The summed E-state index contributed by atoms with van der Waals surface area (Å²) in [7, 11) is 0. The first kappa shape index (κ1) is 8.91. The second-order valence-electron chi connectivity index (χ2n) is 4.68. The maximum absolute atomic E-state index is 11.5. The maximum atomic E-state index is 11.5. The van der Waals surface area contributed by atoms with Gasteiger partial charge in [-0.05, 0) is 18.6 Å². The van der Waals surface area contributed by atoms with Crippen molar-refractivity contribution in [1.82, 2.24) is 0 Å². The standard InChI is InChI=1S/C10H14O3/c1-6-4-7(11)8-9(2,3)5-10(6,12)13-8/h4,8,12H,5H2,1-3H3. The fourth-order valence-corrected chi connectivity index (χ4v) is 2.18. The van der Waals surface area contributed by atoms with Gasteiger partial charge in [-0.1, -0.05) is 13.8 Å². The molecule has 0 aromatic heterocycles. The Kier molecular flexibility index (Phi) is 1.52. The molecule has 1 saturated heterocycles. The number of rotatable bonds is 0. The molecule has 1 N–H and O–H groups in total. The van der Waals surface area contributed by atoms with E-state index in [0.717, 1.165) is 0 Å². The molecular formula is C10H14O3. The summed E-state index contributed by atoms with van der Waals surface area (Å²) >= 11 is 0. The van der Waals surface area contributed by atoms with E-state index < -0.39 is 11.9 Å². The molecule has 3 nitrogen and oxygen atoms in total. The van der Waals surface area contributed by atoms with Gasteiger partial charge in [0, 0.05) is 11.8 Å². The molecular weight excluding hydrogens is 168 g/mol. The van der Waals surface area contributed by atoms with Crippen LogP contribution in [0.5, 0.6) is 0 Å². The fourth-order valence-electron chi connectivity index (χ4n) is 2.18. The molecule has 2 heterocycles. The van der Waals surface area contributed by atoms with Gasteiger partial charge >= 0.3 is 0 Å². The Labute approximate surface area is 77.4 Å². The number of hydrogen-bond acceptors (Lipinski definition) is 3. The van der Waals surface area contributed by atoms with Crippen LogP contribution in [0.3, 0.4) is 0 Å². The Balaban J connectivity index is 2.48. The van der Waals surface area contributed by atoms with E-state index in [4.69, 9.17) is 4.74 Å². The minimum Gasteiger partial charge on any atom is -0.362 e. The highest BCUT2D eigenvalue weighted by molar-refractivity contribution is 5.96. The van der Waals surface area contributed by atoms with Gasteiger partial charge in [0.2, 0.25) is 0 Å². The van der Waals surface area contributed by atoms with Gasteiger partial charge in [-0.2, -0.15) is 0 Å². The quantitative estimate of drug-likeness (QED) is 0.608. The van der Waals surface area contributed by atoms with Crippen LogP contribution < -0.4 is 0 Å². The van der Waals surface area contributed by atoms with E-state index in [9.17, 15) is 9.90 Å². The Morgan fingerprint density at radius 2 is 2.23 bits per heavy atom. The SMILES string of the molecule is CC1=CC(=O)C2OC1(O)CC2(C)C. The molecule has 2 aliphatic heterocycles. The third-order valence-corrected chi connectivity index (χ3v) is 2.95. The first-order chi connectivity index (χ1) is 5.85. The summed E-state index contributed by atoms with van der Waals surface area (Å²) in [6.45, 7) is 5.62. The number of carbonyl (C=O) groups excluding carboxylic acids is 1. The summed E-state index contributed by atoms with van der Waals surface area (Å²) in [4.78, 5) is 11.5. The van der Waals surface area contributed by atoms with Crippen molar-refractivity contribution in [1.29, 1.82) is 0 Å². The summed E-state index contributed by atoms with van der Waals surface area (Å²) < 4.78 is 5.36. The minimum atomic E-state index is -1.19. The molecule has 2 bridgehead atoms. The molecule has 2 atom stereocenters. The zero-order valence-corrected chi connectivity index (χ0v) is 8.13. The lowest BCUT2D eigenvalue weighted by molar-refractivity contribution is -0.177. The molecule has 13 heavy (non-hydrogen) atoms. The molecule has 0 aliphatic carbocycles. The summed E-state index contributed by atoms with van der Waals surface area (Å²) in [5.74, 6) is -1.22.